The zero-order chi connectivity index (χ0) is 9.59. The van der Waals surface area contributed by atoms with Crippen LogP contribution < -0.4 is 0 Å². The van der Waals surface area contributed by atoms with Crippen molar-refractivity contribution in [3.05, 3.63) is 0 Å². The summed E-state index contributed by atoms with van der Waals surface area (Å²) in [5, 5.41) is 0. The van der Waals surface area contributed by atoms with Crippen molar-refractivity contribution in [3.8, 4) is 0 Å². The molecule has 6 unspecified atom stereocenters. The average Bonchev–Trinajstić information content (AvgIpc) is 2.43. The molecule has 0 aromatic carbocycles. The van der Waals surface area contributed by atoms with E-state index in [2.05, 4.69) is 27.7 Å². The molecule has 0 spiro atoms. The first kappa shape index (κ1) is 9.55. The third-order valence-electron chi connectivity index (χ3n) is 5.20. The molecular formula is C13H24. The first-order chi connectivity index (χ1) is 6.11. The van der Waals surface area contributed by atoms with Gasteiger partial charge in [-0.25, -0.2) is 0 Å². The molecule has 6 atom stereocenters. The monoisotopic (exact) mass is 180 g/mol. The van der Waals surface area contributed by atoms with E-state index in [1.807, 2.05) is 0 Å². The van der Waals surface area contributed by atoms with Gasteiger partial charge in [0.2, 0.25) is 0 Å². The van der Waals surface area contributed by atoms with E-state index in [0.29, 0.717) is 0 Å². The topological polar surface area (TPSA) is 0 Å². The van der Waals surface area contributed by atoms with Gasteiger partial charge in [0.1, 0.15) is 0 Å². The van der Waals surface area contributed by atoms with E-state index >= 15 is 0 Å². The Balaban J connectivity index is 2.15. The van der Waals surface area contributed by atoms with Crippen LogP contribution in [0.3, 0.4) is 0 Å². The fourth-order valence-electron chi connectivity index (χ4n) is 4.11. The fourth-order valence-corrected chi connectivity index (χ4v) is 4.11. The fraction of sp³-hybridized carbons (Fsp3) is 1.00. The highest BCUT2D eigenvalue weighted by Crippen LogP contribution is 2.52. The standard InChI is InChI=1S/C13H24/c1-8-5-6-12-7-9(2)10(3)11(4)13(8)12/h8-13H,5-7H2,1-4H3. The number of fused-ring (bicyclic) bond motifs is 1. The van der Waals surface area contributed by atoms with Crippen LogP contribution in [0.4, 0.5) is 0 Å². The van der Waals surface area contributed by atoms with Crippen LogP contribution in [0.1, 0.15) is 47.0 Å². The van der Waals surface area contributed by atoms with E-state index in [1.54, 1.807) is 0 Å². The van der Waals surface area contributed by atoms with Crippen molar-refractivity contribution in [1.82, 2.24) is 0 Å². The molecule has 0 amide bonds. The van der Waals surface area contributed by atoms with Crippen LogP contribution in [0.2, 0.25) is 0 Å². The number of hydrogen-bond donors (Lipinski definition) is 0. The maximum absolute atomic E-state index is 2.50. The molecule has 0 radical (unpaired) electrons. The van der Waals surface area contributed by atoms with Gasteiger partial charge in [-0.05, 0) is 48.3 Å². The zero-order valence-electron chi connectivity index (χ0n) is 9.59. The highest BCUT2D eigenvalue weighted by atomic mass is 14.5. The predicted molar refractivity (Wildman–Crippen MR) is 57.5 cm³/mol. The minimum Gasteiger partial charge on any atom is -0.0622 e. The van der Waals surface area contributed by atoms with Crippen molar-refractivity contribution in [1.29, 1.82) is 0 Å². The molecule has 0 N–H and O–H groups in total. The normalized spacial score (nSPS) is 56.3. The van der Waals surface area contributed by atoms with Crippen LogP contribution in [0, 0.1) is 35.5 Å². The van der Waals surface area contributed by atoms with Crippen molar-refractivity contribution < 1.29 is 0 Å². The largest absolute Gasteiger partial charge is 0.0622 e. The van der Waals surface area contributed by atoms with Gasteiger partial charge in [0.05, 0.1) is 0 Å². The molecule has 13 heavy (non-hydrogen) atoms. The maximum Gasteiger partial charge on any atom is -0.0332 e. The Kier molecular flexibility index (Phi) is 2.42. The summed E-state index contributed by atoms with van der Waals surface area (Å²) in [5.41, 5.74) is 0. The molecule has 0 heterocycles. The molecule has 2 aliphatic carbocycles. The van der Waals surface area contributed by atoms with Gasteiger partial charge in [-0.1, -0.05) is 34.1 Å². The number of hydrogen-bond acceptors (Lipinski definition) is 0. The zero-order valence-corrected chi connectivity index (χ0v) is 9.59. The molecule has 0 bridgehead atoms. The summed E-state index contributed by atoms with van der Waals surface area (Å²) < 4.78 is 0. The van der Waals surface area contributed by atoms with E-state index in [4.69, 9.17) is 0 Å². The summed E-state index contributed by atoms with van der Waals surface area (Å²) in [6.07, 6.45) is 4.53. The van der Waals surface area contributed by atoms with Crippen molar-refractivity contribution in [2.45, 2.75) is 47.0 Å². The Morgan fingerprint density at radius 3 is 2.15 bits per heavy atom. The van der Waals surface area contributed by atoms with Crippen LogP contribution >= 0.6 is 0 Å². The lowest BCUT2D eigenvalue weighted by Gasteiger charge is -2.42. The van der Waals surface area contributed by atoms with Gasteiger partial charge in [0.25, 0.3) is 0 Å². The van der Waals surface area contributed by atoms with Gasteiger partial charge in [-0.3, -0.25) is 0 Å². The summed E-state index contributed by atoms with van der Waals surface area (Å²) in [6, 6.07) is 0. The van der Waals surface area contributed by atoms with E-state index in [0.717, 1.165) is 35.5 Å². The molecule has 76 valence electrons. The smallest absolute Gasteiger partial charge is 0.0332 e. The molecule has 0 saturated heterocycles. The lowest BCUT2D eigenvalue weighted by atomic mass is 9.63. The molecular weight excluding hydrogens is 156 g/mol. The lowest BCUT2D eigenvalue weighted by molar-refractivity contribution is 0.0649. The molecule has 2 saturated carbocycles. The van der Waals surface area contributed by atoms with Gasteiger partial charge < -0.3 is 0 Å². The second-order valence-electron chi connectivity index (χ2n) is 5.82. The Hall–Kier alpha value is 0. The first-order valence-corrected chi connectivity index (χ1v) is 6.11. The average molecular weight is 180 g/mol. The second-order valence-corrected chi connectivity index (χ2v) is 5.82. The second kappa shape index (κ2) is 3.29. The summed E-state index contributed by atoms with van der Waals surface area (Å²) >= 11 is 0. The van der Waals surface area contributed by atoms with Gasteiger partial charge in [-0.2, -0.15) is 0 Å². The Morgan fingerprint density at radius 2 is 1.46 bits per heavy atom. The highest BCUT2D eigenvalue weighted by Gasteiger charge is 2.44. The lowest BCUT2D eigenvalue weighted by Crippen LogP contribution is -2.35. The third kappa shape index (κ3) is 1.43. The first-order valence-electron chi connectivity index (χ1n) is 6.11. The summed E-state index contributed by atoms with van der Waals surface area (Å²) in [7, 11) is 0. The highest BCUT2D eigenvalue weighted by molar-refractivity contribution is 4.93. The molecule has 0 aromatic heterocycles. The molecule has 2 fully saturated rings. The predicted octanol–water partition coefficient (Wildman–Crippen LogP) is 3.96. The van der Waals surface area contributed by atoms with Gasteiger partial charge in [0.15, 0.2) is 0 Å². The van der Waals surface area contributed by atoms with Crippen molar-refractivity contribution >= 4 is 0 Å². The molecule has 0 aromatic rings. The van der Waals surface area contributed by atoms with Gasteiger partial charge >= 0.3 is 0 Å². The van der Waals surface area contributed by atoms with Crippen LogP contribution in [0.15, 0.2) is 0 Å². The van der Waals surface area contributed by atoms with E-state index in [-0.39, 0.29) is 0 Å². The van der Waals surface area contributed by atoms with E-state index in [9.17, 15) is 0 Å². The van der Waals surface area contributed by atoms with Crippen LogP contribution in [0.5, 0.6) is 0 Å². The van der Waals surface area contributed by atoms with Gasteiger partial charge in [-0.15, -0.1) is 0 Å². The Bertz CT molecular complexity index is 184. The molecule has 0 aliphatic heterocycles. The minimum atomic E-state index is 0.960. The Labute approximate surface area is 83.1 Å². The van der Waals surface area contributed by atoms with E-state index < -0.39 is 0 Å². The Morgan fingerprint density at radius 1 is 0.769 bits per heavy atom. The maximum atomic E-state index is 2.50. The molecule has 0 heteroatoms. The third-order valence-corrected chi connectivity index (χ3v) is 5.20. The van der Waals surface area contributed by atoms with Crippen molar-refractivity contribution in [2.24, 2.45) is 35.5 Å². The van der Waals surface area contributed by atoms with E-state index in [1.165, 1.54) is 19.3 Å². The number of rotatable bonds is 0. The quantitative estimate of drug-likeness (QED) is 0.529. The van der Waals surface area contributed by atoms with Crippen LogP contribution in [0.25, 0.3) is 0 Å². The SMILES string of the molecule is CC1CC2CCC(C)C2C(C)C1C. The van der Waals surface area contributed by atoms with Crippen LogP contribution in [-0.2, 0) is 0 Å². The summed E-state index contributed by atoms with van der Waals surface area (Å²) in [4.78, 5) is 0. The summed E-state index contributed by atoms with van der Waals surface area (Å²) in [5.74, 6) is 6.06. The molecule has 2 rings (SSSR count). The summed E-state index contributed by atoms with van der Waals surface area (Å²) in [6.45, 7) is 9.90. The van der Waals surface area contributed by atoms with Crippen molar-refractivity contribution in [2.75, 3.05) is 0 Å². The van der Waals surface area contributed by atoms with Crippen LogP contribution in [-0.4, -0.2) is 0 Å². The minimum absolute atomic E-state index is 0.960. The molecule has 0 nitrogen and oxygen atoms in total. The molecule has 2 aliphatic rings. The van der Waals surface area contributed by atoms with Crippen molar-refractivity contribution in [3.63, 3.8) is 0 Å². The van der Waals surface area contributed by atoms with Gasteiger partial charge in [0, 0.05) is 0 Å².